The number of nitro groups is 1. The molecule has 8 nitrogen and oxygen atoms in total. The van der Waals surface area contributed by atoms with E-state index in [1.54, 1.807) is 27.2 Å². The van der Waals surface area contributed by atoms with Gasteiger partial charge in [0.1, 0.15) is 11.5 Å². The number of likely N-dealkylation sites (N-methyl/N-ethyl adjacent to an activating group) is 1. The summed E-state index contributed by atoms with van der Waals surface area (Å²) in [6.45, 7) is 2.39. The Labute approximate surface area is 157 Å². The third-order valence-electron chi connectivity index (χ3n) is 4.04. The summed E-state index contributed by atoms with van der Waals surface area (Å²) in [6, 6.07) is 9.87. The van der Waals surface area contributed by atoms with E-state index in [4.69, 9.17) is 9.47 Å². The molecule has 0 unspecified atom stereocenters. The van der Waals surface area contributed by atoms with Crippen LogP contribution < -0.4 is 14.8 Å². The molecule has 1 amide bonds. The van der Waals surface area contributed by atoms with Gasteiger partial charge in [-0.3, -0.25) is 19.8 Å². The van der Waals surface area contributed by atoms with Crippen LogP contribution in [0.5, 0.6) is 11.5 Å². The molecule has 0 atom stereocenters. The van der Waals surface area contributed by atoms with Crippen LogP contribution in [0.4, 0.5) is 11.4 Å². The first-order valence-corrected chi connectivity index (χ1v) is 8.28. The molecule has 1 N–H and O–H groups in total. The van der Waals surface area contributed by atoms with E-state index in [1.807, 2.05) is 24.1 Å². The molecule has 0 aliphatic rings. The Hall–Kier alpha value is -3.13. The highest BCUT2D eigenvalue weighted by atomic mass is 16.6. The van der Waals surface area contributed by atoms with Crippen LogP contribution in [0.15, 0.2) is 36.4 Å². The smallest absolute Gasteiger partial charge is 0.269 e. The third kappa shape index (κ3) is 5.42. The van der Waals surface area contributed by atoms with Crippen LogP contribution in [0, 0.1) is 17.0 Å². The van der Waals surface area contributed by atoms with Gasteiger partial charge in [-0.15, -0.1) is 0 Å². The van der Waals surface area contributed by atoms with Crippen LogP contribution in [0.2, 0.25) is 0 Å². The SMILES string of the molecule is COc1ccc(CN(C)CC(=O)Nc2ccc([N+](=O)[O-])cc2C)c(OC)c1. The lowest BCUT2D eigenvalue weighted by Gasteiger charge is -2.19. The normalized spacial score (nSPS) is 10.6. The summed E-state index contributed by atoms with van der Waals surface area (Å²) in [5, 5.41) is 13.6. The van der Waals surface area contributed by atoms with Crippen LogP contribution in [-0.2, 0) is 11.3 Å². The molecule has 0 spiro atoms. The Kier molecular flexibility index (Phi) is 6.73. The molecule has 0 aliphatic heterocycles. The molecule has 144 valence electrons. The fraction of sp³-hybridized carbons (Fsp3) is 0.316. The number of amides is 1. The van der Waals surface area contributed by atoms with Gasteiger partial charge >= 0.3 is 0 Å². The Morgan fingerprint density at radius 3 is 2.52 bits per heavy atom. The topological polar surface area (TPSA) is 93.9 Å². The minimum absolute atomic E-state index is 0.00535. The predicted molar refractivity (Wildman–Crippen MR) is 102 cm³/mol. The number of anilines is 1. The van der Waals surface area contributed by atoms with Crippen LogP contribution >= 0.6 is 0 Å². The predicted octanol–water partition coefficient (Wildman–Crippen LogP) is 2.99. The highest BCUT2D eigenvalue weighted by Crippen LogP contribution is 2.25. The Bertz CT molecular complexity index is 838. The molecule has 27 heavy (non-hydrogen) atoms. The molecule has 8 heteroatoms. The third-order valence-corrected chi connectivity index (χ3v) is 4.04. The van der Waals surface area contributed by atoms with Crippen LogP contribution in [0.1, 0.15) is 11.1 Å². The number of benzene rings is 2. The Morgan fingerprint density at radius 1 is 1.19 bits per heavy atom. The first-order chi connectivity index (χ1) is 12.8. The number of nitrogens with zero attached hydrogens (tertiary/aromatic N) is 2. The molecule has 0 saturated heterocycles. The van der Waals surface area contributed by atoms with Crippen molar-refractivity contribution in [3.63, 3.8) is 0 Å². The second-order valence-electron chi connectivity index (χ2n) is 6.15. The molecule has 2 aromatic rings. The summed E-state index contributed by atoms with van der Waals surface area (Å²) in [7, 11) is 5.00. The zero-order valence-electron chi connectivity index (χ0n) is 15.8. The highest BCUT2D eigenvalue weighted by Gasteiger charge is 2.13. The maximum atomic E-state index is 12.3. The van der Waals surface area contributed by atoms with Crippen molar-refractivity contribution in [1.82, 2.24) is 4.90 Å². The minimum Gasteiger partial charge on any atom is -0.497 e. The van der Waals surface area contributed by atoms with Gasteiger partial charge in [0.15, 0.2) is 0 Å². The Morgan fingerprint density at radius 2 is 1.93 bits per heavy atom. The van der Waals surface area contributed by atoms with Crippen molar-refractivity contribution in [2.24, 2.45) is 0 Å². The van der Waals surface area contributed by atoms with Gasteiger partial charge in [-0.2, -0.15) is 0 Å². The number of ether oxygens (including phenoxy) is 2. The lowest BCUT2D eigenvalue weighted by Crippen LogP contribution is -2.30. The summed E-state index contributed by atoms with van der Waals surface area (Å²) >= 11 is 0. The van der Waals surface area contributed by atoms with Crippen molar-refractivity contribution < 1.29 is 19.2 Å². The first-order valence-electron chi connectivity index (χ1n) is 8.28. The summed E-state index contributed by atoms with van der Waals surface area (Å²) in [6.07, 6.45) is 0. The van der Waals surface area contributed by atoms with E-state index < -0.39 is 4.92 Å². The summed E-state index contributed by atoms with van der Waals surface area (Å²) in [5.74, 6) is 1.18. The number of methoxy groups -OCH3 is 2. The lowest BCUT2D eigenvalue weighted by atomic mass is 10.1. The number of nitrogens with one attached hydrogen (secondary N) is 1. The molecular weight excluding hydrogens is 350 g/mol. The first kappa shape index (κ1) is 20.2. The molecular formula is C19H23N3O5. The summed E-state index contributed by atoms with van der Waals surface area (Å²) < 4.78 is 10.6. The second kappa shape index (κ2) is 9.00. The van der Waals surface area contributed by atoms with E-state index in [1.165, 1.54) is 18.2 Å². The number of hydrogen-bond acceptors (Lipinski definition) is 6. The Balaban J connectivity index is 1.99. The number of aryl methyl sites for hydroxylation is 1. The monoisotopic (exact) mass is 373 g/mol. The van der Waals surface area contributed by atoms with Gasteiger partial charge in [0.25, 0.3) is 5.69 Å². The molecule has 0 aliphatic carbocycles. The zero-order chi connectivity index (χ0) is 20.0. The van der Waals surface area contributed by atoms with E-state index in [-0.39, 0.29) is 18.1 Å². The number of rotatable bonds is 8. The van der Waals surface area contributed by atoms with Crippen LogP contribution in [0.3, 0.4) is 0 Å². The van der Waals surface area contributed by atoms with Crippen molar-refractivity contribution in [3.05, 3.63) is 57.6 Å². The molecule has 2 aromatic carbocycles. The largest absolute Gasteiger partial charge is 0.497 e. The van der Waals surface area contributed by atoms with E-state index in [0.29, 0.717) is 29.3 Å². The van der Waals surface area contributed by atoms with Gasteiger partial charge in [0, 0.05) is 36.0 Å². The lowest BCUT2D eigenvalue weighted by molar-refractivity contribution is -0.384. The van der Waals surface area contributed by atoms with E-state index in [0.717, 1.165) is 5.56 Å². The zero-order valence-corrected chi connectivity index (χ0v) is 15.8. The minimum atomic E-state index is -0.464. The summed E-state index contributed by atoms with van der Waals surface area (Å²) in [4.78, 5) is 24.5. The van der Waals surface area contributed by atoms with Gasteiger partial charge < -0.3 is 14.8 Å². The van der Waals surface area contributed by atoms with Gasteiger partial charge in [0.05, 0.1) is 25.7 Å². The van der Waals surface area contributed by atoms with Gasteiger partial charge in [-0.1, -0.05) is 6.07 Å². The molecule has 0 radical (unpaired) electrons. The fourth-order valence-corrected chi connectivity index (χ4v) is 2.67. The van der Waals surface area contributed by atoms with Crippen LogP contribution in [0.25, 0.3) is 0 Å². The number of carbonyl (C=O) groups is 1. The quantitative estimate of drug-likeness (QED) is 0.565. The van der Waals surface area contributed by atoms with Gasteiger partial charge in [0.2, 0.25) is 5.91 Å². The van der Waals surface area contributed by atoms with E-state index in [9.17, 15) is 14.9 Å². The van der Waals surface area contributed by atoms with Crippen LogP contribution in [-0.4, -0.2) is 43.5 Å². The van der Waals surface area contributed by atoms with Crippen molar-refractivity contribution in [2.75, 3.05) is 33.1 Å². The molecule has 0 heterocycles. The maximum Gasteiger partial charge on any atom is 0.269 e. The number of hydrogen-bond donors (Lipinski definition) is 1. The van der Waals surface area contributed by atoms with Gasteiger partial charge in [-0.25, -0.2) is 0 Å². The van der Waals surface area contributed by atoms with Crippen molar-refractivity contribution >= 4 is 17.3 Å². The second-order valence-corrected chi connectivity index (χ2v) is 6.15. The number of nitro benzene ring substituents is 1. The standard InChI is InChI=1S/C19H23N3O5/c1-13-9-15(22(24)25)6-8-17(13)20-19(23)12-21(2)11-14-5-7-16(26-3)10-18(14)27-4/h5-10H,11-12H2,1-4H3,(H,20,23). The van der Waals surface area contributed by atoms with Crippen molar-refractivity contribution in [1.29, 1.82) is 0 Å². The maximum absolute atomic E-state index is 12.3. The van der Waals surface area contributed by atoms with E-state index in [2.05, 4.69) is 5.32 Å². The number of non-ortho nitro benzene ring substituents is 1. The van der Waals surface area contributed by atoms with Gasteiger partial charge in [-0.05, 0) is 31.7 Å². The highest BCUT2D eigenvalue weighted by molar-refractivity contribution is 5.93. The average Bonchev–Trinajstić information content (AvgIpc) is 2.63. The van der Waals surface area contributed by atoms with Crippen molar-refractivity contribution in [3.8, 4) is 11.5 Å². The number of carbonyl (C=O) groups excluding carboxylic acids is 1. The average molecular weight is 373 g/mol. The summed E-state index contributed by atoms with van der Waals surface area (Å²) in [5.41, 5.74) is 2.12. The van der Waals surface area contributed by atoms with E-state index >= 15 is 0 Å². The fourth-order valence-electron chi connectivity index (χ4n) is 2.67. The molecule has 0 fully saturated rings. The molecule has 0 saturated carbocycles. The molecule has 0 bridgehead atoms. The molecule has 0 aromatic heterocycles. The van der Waals surface area contributed by atoms with Crippen molar-refractivity contribution in [2.45, 2.75) is 13.5 Å². The molecule has 2 rings (SSSR count).